The van der Waals surface area contributed by atoms with Crippen molar-refractivity contribution in [2.24, 2.45) is 17.8 Å². The van der Waals surface area contributed by atoms with Gasteiger partial charge in [-0.05, 0) is 67.2 Å². The van der Waals surface area contributed by atoms with Gasteiger partial charge in [0, 0.05) is 6.04 Å². The standard InChI is InChI=1S/C17H27N5OS/c1-11(15-9-12-6-7-13(15)8-12)18-16(23)10-24-17-19-20-21-22(17)14-4-2-3-5-14/h11-15H,2-10H2,1H3,(H,18,23)/t11-,12-,13-,15-/m0/s1. The molecule has 0 aromatic carbocycles. The number of nitrogens with zero attached hydrogens (tertiary/aromatic N) is 4. The third-order valence-corrected chi connectivity index (χ3v) is 7.22. The smallest absolute Gasteiger partial charge is 0.230 e. The van der Waals surface area contributed by atoms with Crippen molar-refractivity contribution >= 4 is 17.7 Å². The van der Waals surface area contributed by atoms with E-state index in [4.69, 9.17) is 0 Å². The molecule has 0 spiro atoms. The quantitative estimate of drug-likeness (QED) is 0.800. The number of hydrogen-bond acceptors (Lipinski definition) is 5. The van der Waals surface area contributed by atoms with Gasteiger partial charge in [0.25, 0.3) is 0 Å². The van der Waals surface area contributed by atoms with Crippen LogP contribution >= 0.6 is 11.8 Å². The van der Waals surface area contributed by atoms with Crippen LogP contribution in [-0.2, 0) is 4.79 Å². The van der Waals surface area contributed by atoms with Crippen molar-refractivity contribution in [2.75, 3.05) is 5.75 Å². The van der Waals surface area contributed by atoms with Gasteiger partial charge in [0.2, 0.25) is 11.1 Å². The topological polar surface area (TPSA) is 72.7 Å². The van der Waals surface area contributed by atoms with Crippen molar-refractivity contribution in [3.05, 3.63) is 0 Å². The number of rotatable bonds is 6. The van der Waals surface area contributed by atoms with Gasteiger partial charge in [0.1, 0.15) is 0 Å². The second-order valence-electron chi connectivity index (χ2n) is 7.83. The molecule has 1 amide bonds. The summed E-state index contributed by atoms with van der Waals surface area (Å²) >= 11 is 1.46. The Hall–Kier alpha value is -1.11. The van der Waals surface area contributed by atoms with Gasteiger partial charge in [-0.15, -0.1) is 5.10 Å². The summed E-state index contributed by atoms with van der Waals surface area (Å²) in [6, 6.07) is 0.706. The maximum absolute atomic E-state index is 12.3. The number of hydrogen-bond donors (Lipinski definition) is 1. The number of fused-ring (bicyclic) bond motifs is 2. The first-order valence-corrected chi connectivity index (χ1v) is 10.4. The Morgan fingerprint density at radius 1 is 1.29 bits per heavy atom. The SMILES string of the molecule is C[C@H](NC(=O)CSc1nnnn1C1CCCC1)[C@@H]1C[C@H]2CC[C@H]1C2. The molecule has 7 heteroatoms. The van der Waals surface area contributed by atoms with Gasteiger partial charge < -0.3 is 5.32 Å². The van der Waals surface area contributed by atoms with Crippen LogP contribution in [0.4, 0.5) is 0 Å². The van der Waals surface area contributed by atoms with Crippen LogP contribution in [0.5, 0.6) is 0 Å². The van der Waals surface area contributed by atoms with Crippen molar-refractivity contribution in [3.63, 3.8) is 0 Å². The molecule has 2 bridgehead atoms. The minimum atomic E-state index is 0.108. The van der Waals surface area contributed by atoms with E-state index in [0.717, 1.165) is 29.8 Å². The molecule has 132 valence electrons. The Bertz CT molecular complexity index is 585. The minimum Gasteiger partial charge on any atom is -0.353 e. The highest BCUT2D eigenvalue weighted by molar-refractivity contribution is 7.99. The van der Waals surface area contributed by atoms with Gasteiger partial charge in [-0.2, -0.15) is 0 Å². The Morgan fingerprint density at radius 2 is 2.12 bits per heavy atom. The van der Waals surface area contributed by atoms with Gasteiger partial charge >= 0.3 is 0 Å². The lowest BCUT2D eigenvalue weighted by Crippen LogP contribution is -2.41. The number of carbonyl (C=O) groups excluding carboxylic acids is 1. The third kappa shape index (κ3) is 3.32. The van der Waals surface area contributed by atoms with E-state index in [2.05, 4.69) is 27.8 Å². The molecular weight excluding hydrogens is 322 g/mol. The summed E-state index contributed by atoms with van der Waals surface area (Å²) in [5, 5.41) is 16.0. The Morgan fingerprint density at radius 3 is 2.83 bits per heavy atom. The van der Waals surface area contributed by atoms with Gasteiger partial charge in [0.15, 0.2) is 0 Å². The highest BCUT2D eigenvalue weighted by Gasteiger charge is 2.42. The summed E-state index contributed by atoms with van der Waals surface area (Å²) in [5.41, 5.74) is 0. The van der Waals surface area contributed by atoms with E-state index in [1.807, 2.05) is 4.68 Å². The molecule has 0 aliphatic heterocycles. The first kappa shape index (κ1) is 16.4. The summed E-state index contributed by atoms with van der Waals surface area (Å²) in [7, 11) is 0. The number of amides is 1. The average molecular weight is 350 g/mol. The van der Waals surface area contributed by atoms with Crippen LogP contribution in [0.3, 0.4) is 0 Å². The fraction of sp³-hybridized carbons (Fsp3) is 0.882. The monoisotopic (exact) mass is 349 g/mol. The molecule has 3 saturated carbocycles. The average Bonchev–Trinajstić information content (AvgIpc) is 3.36. The molecule has 0 unspecified atom stereocenters. The molecule has 1 aromatic rings. The first-order chi connectivity index (χ1) is 11.7. The minimum absolute atomic E-state index is 0.108. The van der Waals surface area contributed by atoms with Crippen molar-refractivity contribution in [2.45, 2.75) is 75.5 Å². The fourth-order valence-corrected chi connectivity index (χ4v) is 5.85. The predicted octanol–water partition coefficient (Wildman–Crippen LogP) is 2.82. The van der Waals surface area contributed by atoms with Crippen LogP contribution in [0.25, 0.3) is 0 Å². The number of nitrogens with one attached hydrogen (secondary N) is 1. The molecule has 6 nitrogen and oxygen atoms in total. The summed E-state index contributed by atoms with van der Waals surface area (Å²) in [6.07, 6.45) is 10.2. The van der Waals surface area contributed by atoms with Gasteiger partial charge in [0.05, 0.1) is 11.8 Å². The van der Waals surface area contributed by atoms with E-state index >= 15 is 0 Å². The molecule has 4 atom stereocenters. The number of carbonyl (C=O) groups is 1. The number of thioether (sulfide) groups is 1. The molecule has 3 aliphatic rings. The molecule has 3 fully saturated rings. The molecule has 1 aromatic heterocycles. The van der Waals surface area contributed by atoms with Gasteiger partial charge in [-0.25, -0.2) is 4.68 Å². The normalized spacial score (nSPS) is 30.8. The van der Waals surface area contributed by atoms with E-state index in [9.17, 15) is 4.79 Å². The van der Waals surface area contributed by atoms with E-state index in [1.54, 1.807) is 0 Å². The second-order valence-corrected chi connectivity index (χ2v) is 8.77. The van der Waals surface area contributed by atoms with E-state index in [1.165, 1.54) is 50.3 Å². The third-order valence-electron chi connectivity index (χ3n) is 6.29. The van der Waals surface area contributed by atoms with Crippen molar-refractivity contribution in [1.82, 2.24) is 25.5 Å². The lowest BCUT2D eigenvalue weighted by Gasteiger charge is -2.28. The molecule has 3 aliphatic carbocycles. The second kappa shape index (κ2) is 7.02. The molecule has 24 heavy (non-hydrogen) atoms. The lowest BCUT2D eigenvalue weighted by atomic mass is 9.84. The predicted molar refractivity (Wildman–Crippen MR) is 92.6 cm³/mol. The highest BCUT2D eigenvalue weighted by Crippen LogP contribution is 2.49. The number of tetrazole rings is 1. The Balaban J connectivity index is 1.27. The fourth-order valence-electron chi connectivity index (χ4n) is 5.10. The molecular formula is C17H27N5OS. The van der Waals surface area contributed by atoms with Gasteiger partial charge in [-0.3, -0.25) is 4.79 Å². The molecule has 1 heterocycles. The maximum atomic E-state index is 12.3. The van der Waals surface area contributed by atoms with Crippen molar-refractivity contribution < 1.29 is 4.79 Å². The zero-order valence-electron chi connectivity index (χ0n) is 14.4. The molecule has 0 radical (unpaired) electrons. The Kier molecular flexibility index (Phi) is 4.79. The van der Waals surface area contributed by atoms with Gasteiger partial charge in [-0.1, -0.05) is 31.0 Å². The maximum Gasteiger partial charge on any atom is 0.230 e. The van der Waals surface area contributed by atoms with Crippen LogP contribution in [0.15, 0.2) is 5.16 Å². The zero-order chi connectivity index (χ0) is 16.5. The van der Waals surface area contributed by atoms with Crippen LogP contribution < -0.4 is 5.32 Å². The number of aromatic nitrogens is 4. The molecule has 0 saturated heterocycles. The van der Waals surface area contributed by atoms with E-state index in [0.29, 0.717) is 23.8 Å². The first-order valence-electron chi connectivity index (χ1n) is 9.40. The summed E-state index contributed by atoms with van der Waals surface area (Å²) in [5.74, 6) is 2.95. The van der Waals surface area contributed by atoms with Crippen LogP contribution in [0.1, 0.15) is 64.3 Å². The summed E-state index contributed by atoms with van der Waals surface area (Å²) in [4.78, 5) is 12.3. The van der Waals surface area contributed by atoms with E-state index < -0.39 is 0 Å². The van der Waals surface area contributed by atoms with Crippen LogP contribution in [0.2, 0.25) is 0 Å². The Labute approximate surface area is 147 Å². The lowest BCUT2D eigenvalue weighted by molar-refractivity contribution is -0.119. The largest absolute Gasteiger partial charge is 0.353 e. The summed E-state index contributed by atoms with van der Waals surface area (Å²) in [6.45, 7) is 2.18. The molecule has 4 rings (SSSR count). The van der Waals surface area contributed by atoms with Crippen LogP contribution in [0, 0.1) is 17.8 Å². The van der Waals surface area contributed by atoms with Crippen LogP contribution in [-0.4, -0.2) is 37.9 Å². The molecule has 1 N–H and O–H groups in total. The summed E-state index contributed by atoms with van der Waals surface area (Å²) < 4.78 is 1.92. The van der Waals surface area contributed by atoms with Crippen molar-refractivity contribution in [1.29, 1.82) is 0 Å². The zero-order valence-corrected chi connectivity index (χ0v) is 15.2. The highest BCUT2D eigenvalue weighted by atomic mass is 32.2. The van der Waals surface area contributed by atoms with Crippen molar-refractivity contribution in [3.8, 4) is 0 Å². The van der Waals surface area contributed by atoms with E-state index in [-0.39, 0.29) is 5.91 Å².